The number of carbonyl (C=O) groups is 1. The second kappa shape index (κ2) is 7.73. The second-order valence-corrected chi connectivity index (χ2v) is 5.91. The molecule has 0 spiro atoms. The molecule has 0 saturated heterocycles. The maximum atomic E-state index is 12.2. The fourth-order valence-corrected chi connectivity index (χ4v) is 2.19. The standard InChI is InChI=1S/C18H19N5O3/c1-11(2)18-22-15(23-26-18)10-21-17(24)13-4-6-14(19-9-13)12-5-7-16(25-3)20-8-12/h4-9,11H,10H2,1-3H3,(H,21,24). The highest BCUT2D eigenvalue weighted by atomic mass is 16.5. The summed E-state index contributed by atoms with van der Waals surface area (Å²) >= 11 is 0. The van der Waals surface area contributed by atoms with E-state index in [1.54, 1.807) is 31.5 Å². The number of pyridine rings is 2. The number of ether oxygens (including phenoxy) is 1. The second-order valence-electron chi connectivity index (χ2n) is 5.91. The smallest absolute Gasteiger partial charge is 0.253 e. The number of nitrogens with one attached hydrogen (secondary N) is 1. The van der Waals surface area contributed by atoms with Gasteiger partial charge in [0.15, 0.2) is 5.82 Å². The van der Waals surface area contributed by atoms with Crippen LogP contribution in [0.25, 0.3) is 11.3 Å². The van der Waals surface area contributed by atoms with Gasteiger partial charge in [-0.1, -0.05) is 19.0 Å². The maximum Gasteiger partial charge on any atom is 0.253 e. The van der Waals surface area contributed by atoms with Crippen molar-refractivity contribution in [3.8, 4) is 17.1 Å². The fraction of sp³-hybridized carbons (Fsp3) is 0.278. The Balaban J connectivity index is 1.62. The Labute approximate surface area is 150 Å². The summed E-state index contributed by atoms with van der Waals surface area (Å²) in [7, 11) is 1.56. The summed E-state index contributed by atoms with van der Waals surface area (Å²) in [6, 6.07) is 7.09. The van der Waals surface area contributed by atoms with Gasteiger partial charge in [-0.25, -0.2) is 4.98 Å². The molecule has 0 aliphatic rings. The van der Waals surface area contributed by atoms with Crippen molar-refractivity contribution in [1.82, 2.24) is 25.4 Å². The van der Waals surface area contributed by atoms with Gasteiger partial charge in [0.25, 0.3) is 5.91 Å². The lowest BCUT2D eigenvalue weighted by Crippen LogP contribution is -2.23. The van der Waals surface area contributed by atoms with Crippen LogP contribution in [0.15, 0.2) is 41.2 Å². The van der Waals surface area contributed by atoms with E-state index in [2.05, 4.69) is 25.4 Å². The first-order valence-corrected chi connectivity index (χ1v) is 8.14. The largest absolute Gasteiger partial charge is 0.481 e. The minimum Gasteiger partial charge on any atom is -0.481 e. The number of amides is 1. The molecule has 3 aromatic heterocycles. The van der Waals surface area contributed by atoms with Gasteiger partial charge in [0, 0.05) is 29.9 Å². The maximum absolute atomic E-state index is 12.2. The van der Waals surface area contributed by atoms with Gasteiger partial charge in [0.05, 0.1) is 24.9 Å². The van der Waals surface area contributed by atoms with E-state index >= 15 is 0 Å². The summed E-state index contributed by atoms with van der Waals surface area (Å²) in [6.07, 6.45) is 3.19. The molecule has 26 heavy (non-hydrogen) atoms. The van der Waals surface area contributed by atoms with Crippen LogP contribution in [0.5, 0.6) is 5.88 Å². The molecule has 8 heteroatoms. The first-order valence-electron chi connectivity index (χ1n) is 8.14. The normalized spacial score (nSPS) is 10.8. The molecule has 0 radical (unpaired) electrons. The molecule has 1 amide bonds. The van der Waals surface area contributed by atoms with Crippen molar-refractivity contribution >= 4 is 5.91 Å². The first-order chi connectivity index (χ1) is 12.6. The van der Waals surface area contributed by atoms with Crippen molar-refractivity contribution < 1.29 is 14.1 Å². The zero-order valence-corrected chi connectivity index (χ0v) is 14.8. The molecule has 3 aromatic rings. The Hall–Kier alpha value is -3.29. The average Bonchev–Trinajstić information content (AvgIpc) is 3.16. The van der Waals surface area contributed by atoms with Crippen LogP contribution in [0.3, 0.4) is 0 Å². The molecule has 0 aromatic carbocycles. The van der Waals surface area contributed by atoms with Crippen LogP contribution < -0.4 is 10.1 Å². The minimum atomic E-state index is -0.257. The molecule has 3 rings (SSSR count). The van der Waals surface area contributed by atoms with Crippen molar-refractivity contribution in [2.24, 2.45) is 0 Å². The fourth-order valence-electron chi connectivity index (χ4n) is 2.19. The minimum absolute atomic E-state index is 0.149. The molecule has 0 aliphatic carbocycles. The summed E-state index contributed by atoms with van der Waals surface area (Å²) in [4.78, 5) is 24.9. The van der Waals surface area contributed by atoms with E-state index in [0.717, 1.165) is 11.3 Å². The summed E-state index contributed by atoms with van der Waals surface area (Å²) in [5.74, 6) is 1.42. The Morgan fingerprint density at radius 3 is 2.62 bits per heavy atom. The summed E-state index contributed by atoms with van der Waals surface area (Å²) < 4.78 is 10.1. The quantitative estimate of drug-likeness (QED) is 0.726. The Bertz CT molecular complexity index is 873. The third kappa shape index (κ3) is 4.02. The lowest BCUT2D eigenvalue weighted by molar-refractivity contribution is 0.0949. The number of hydrogen-bond acceptors (Lipinski definition) is 7. The van der Waals surface area contributed by atoms with Gasteiger partial charge in [-0.15, -0.1) is 0 Å². The van der Waals surface area contributed by atoms with E-state index in [4.69, 9.17) is 9.26 Å². The van der Waals surface area contributed by atoms with Crippen molar-refractivity contribution in [2.75, 3.05) is 7.11 Å². The van der Waals surface area contributed by atoms with Crippen LogP contribution in [-0.2, 0) is 6.54 Å². The van der Waals surface area contributed by atoms with Crippen molar-refractivity contribution in [3.63, 3.8) is 0 Å². The molecule has 0 aliphatic heterocycles. The Morgan fingerprint density at radius 2 is 2.04 bits per heavy atom. The summed E-state index contributed by atoms with van der Waals surface area (Å²) in [6.45, 7) is 4.11. The lowest BCUT2D eigenvalue weighted by atomic mass is 10.1. The number of methoxy groups -OCH3 is 1. The zero-order chi connectivity index (χ0) is 18.5. The predicted molar refractivity (Wildman–Crippen MR) is 93.6 cm³/mol. The molecule has 0 saturated carbocycles. The predicted octanol–water partition coefficient (Wildman–Crippen LogP) is 2.59. The lowest BCUT2D eigenvalue weighted by Gasteiger charge is -2.05. The SMILES string of the molecule is COc1ccc(-c2ccc(C(=O)NCc3noc(C(C)C)n3)cn2)cn1. The van der Waals surface area contributed by atoms with Crippen LogP contribution in [0, 0.1) is 0 Å². The molecule has 8 nitrogen and oxygen atoms in total. The molecule has 0 bridgehead atoms. The first kappa shape index (κ1) is 17.5. The highest BCUT2D eigenvalue weighted by Crippen LogP contribution is 2.18. The molecule has 3 heterocycles. The van der Waals surface area contributed by atoms with Crippen LogP contribution in [-0.4, -0.2) is 33.1 Å². The van der Waals surface area contributed by atoms with Crippen molar-refractivity contribution in [1.29, 1.82) is 0 Å². The van der Waals surface area contributed by atoms with Crippen molar-refractivity contribution in [2.45, 2.75) is 26.3 Å². The van der Waals surface area contributed by atoms with Crippen LogP contribution >= 0.6 is 0 Å². The number of aromatic nitrogens is 4. The van der Waals surface area contributed by atoms with Crippen LogP contribution in [0.1, 0.15) is 41.8 Å². The monoisotopic (exact) mass is 353 g/mol. The number of carbonyl (C=O) groups excluding carboxylic acids is 1. The van der Waals surface area contributed by atoms with Gasteiger partial charge in [-0.2, -0.15) is 4.98 Å². The average molecular weight is 353 g/mol. The number of nitrogens with zero attached hydrogens (tertiary/aromatic N) is 4. The molecule has 1 N–H and O–H groups in total. The van der Waals surface area contributed by atoms with Crippen LogP contribution in [0.4, 0.5) is 0 Å². The van der Waals surface area contributed by atoms with Gasteiger partial charge in [0.1, 0.15) is 0 Å². The van der Waals surface area contributed by atoms with Gasteiger partial charge in [-0.05, 0) is 18.2 Å². The highest BCUT2D eigenvalue weighted by Gasteiger charge is 2.12. The Kier molecular flexibility index (Phi) is 5.21. The third-order valence-electron chi connectivity index (χ3n) is 3.65. The molecule has 0 unspecified atom stereocenters. The van der Waals surface area contributed by atoms with E-state index in [1.165, 1.54) is 6.20 Å². The van der Waals surface area contributed by atoms with E-state index in [1.807, 2.05) is 19.9 Å². The van der Waals surface area contributed by atoms with Gasteiger partial charge in [0.2, 0.25) is 11.8 Å². The molecule has 134 valence electrons. The van der Waals surface area contributed by atoms with E-state index in [9.17, 15) is 4.79 Å². The molecule has 0 fully saturated rings. The molecular formula is C18H19N5O3. The van der Waals surface area contributed by atoms with Gasteiger partial charge in [-0.3, -0.25) is 9.78 Å². The van der Waals surface area contributed by atoms with Crippen molar-refractivity contribution in [3.05, 3.63) is 53.9 Å². The number of rotatable bonds is 6. The van der Waals surface area contributed by atoms with Gasteiger partial charge >= 0.3 is 0 Å². The van der Waals surface area contributed by atoms with E-state index < -0.39 is 0 Å². The van der Waals surface area contributed by atoms with Gasteiger partial charge < -0.3 is 14.6 Å². The Morgan fingerprint density at radius 1 is 1.19 bits per heavy atom. The van der Waals surface area contributed by atoms with E-state index in [0.29, 0.717) is 23.2 Å². The third-order valence-corrected chi connectivity index (χ3v) is 3.65. The zero-order valence-electron chi connectivity index (χ0n) is 14.8. The van der Waals surface area contributed by atoms with E-state index in [-0.39, 0.29) is 18.4 Å². The highest BCUT2D eigenvalue weighted by molar-refractivity contribution is 5.94. The topological polar surface area (TPSA) is 103 Å². The summed E-state index contributed by atoms with van der Waals surface area (Å²) in [5.41, 5.74) is 2.00. The molecule has 0 atom stereocenters. The van der Waals surface area contributed by atoms with Crippen LogP contribution in [0.2, 0.25) is 0 Å². The number of hydrogen-bond donors (Lipinski definition) is 1. The summed E-state index contributed by atoms with van der Waals surface area (Å²) in [5, 5.41) is 6.59. The molecular weight excluding hydrogens is 334 g/mol.